The van der Waals surface area contributed by atoms with Crippen LogP contribution in [0.1, 0.15) is 47.9 Å². The molecule has 0 atom stereocenters. The summed E-state index contributed by atoms with van der Waals surface area (Å²) in [5, 5.41) is 10.1. The largest absolute Gasteiger partial charge is 0.456 e. The molecule has 1 heterocycles. The molecule has 0 saturated heterocycles. The van der Waals surface area contributed by atoms with Crippen LogP contribution in [0, 0.1) is 0 Å². The van der Waals surface area contributed by atoms with E-state index in [0.29, 0.717) is 0 Å². The Balaban J connectivity index is 1.16. The zero-order valence-corrected chi connectivity index (χ0v) is 31.4. The molecule has 9 aromatic carbocycles. The molecule has 0 spiro atoms. The first-order valence-electron chi connectivity index (χ1n) is 20.5. The van der Waals surface area contributed by atoms with Crippen molar-refractivity contribution in [1.82, 2.24) is 0 Å². The molecule has 2 heteroatoms. The molecule has 0 fully saturated rings. The van der Waals surface area contributed by atoms with E-state index in [-0.39, 0.29) is 0 Å². The standard InChI is InChI=1S/C54H41NO/c1-2-11-34(12-3-1)35-23-27-40(28-24-35)55(49-30-26-38-22-21-36-14-10-15-37-25-29-45(49)53(38)52(36)37)41-32-48(54-46-19-8-9-20-50(46)56-51(54)33-41)47-31-39-13-4-5-16-42(39)43-17-6-7-18-44(43)47/h1-3,8-12,14-15,19-33H,4-7,13,16-18H2. The van der Waals surface area contributed by atoms with Crippen LogP contribution >= 0.6 is 0 Å². The molecule has 0 amide bonds. The summed E-state index contributed by atoms with van der Waals surface area (Å²) in [5.41, 5.74) is 16.8. The van der Waals surface area contributed by atoms with E-state index in [1.54, 1.807) is 22.3 Å². The predicted molar refractivity (Wildman–Crippen MR) is 236 cm³/mol. The molecule has 0 aliphatic heterocycles. The fourth-order valence-electron chi connectivity index (χ4n) is 10.4. The van der Waals surface area contributed by atoms with Crippen LogP contribution in [0.15, 0.2) is 156 Å². The van der Waals surface area contributed by atoms with E-state index in [1.165, 1.54) is 110 Å². The van der Waals surface area contributed by atoms with Crippen molar-refractivity contribution in [3.63, 3.8) is 0 Å². The Bertz CT molecular complexity index is 3120. The molecule has 0 radical (unpaired) electrons. The van der Waals surface area contributed by atoms with Gasteiger partial charge < -0.3 is 9.32 Å². The summed E-state index contributed by atoms with van der Waals surface area (Å²) >= 11 is 0. The van der Waals surface area contributed by atoms with Crippen molar-refractivity contribution in [2.75, 3.05) is 4.90 Å². The average molecular weight is 720 g/mol. The smallest absolute Gasteiger partial charge is 0.138 e. The number of hydrogen-bond acceptors (Lipinski definition) is 2. The number of anilines is 3. The van der Waals surface area contributed by atoms with Crippen LogP contribution in [-0.2, 0) is 25.7 Å². The number of furan rings is 1. The van der Waals surface area contributed by atoms with Gasteiger partial charge in [0.1, 0.15) is 11.2 Å². The Morgan fingerprint density at radius 1 is 0.393 bits per heavy atom. The number of hydrogen-bond donors (Lipinski definition) is 0. The van der Waals surface area contributed by atoms with E-state index in [2.05, 4.69) is 157 Å². The molecule has 1 aromatic heterocycles. The summed E-state index contributed by atoms with van der Waals surface area (Å²) in [5.74, 6) is 0. The van der Waals surface area contributed by atoms with Crippen molar-refractivity contribution in [3.8, 4) is 22.3 Å². The maximum atomic E-state index is 6.86. The zero-order valence-electron chi connectivity index (χ0n) is 31.4. The molecule has 0 N–H and O–H groups in total. The lowest BCUT2D eigenvalue weighted by Gasteiger charge is -2.30. The molecule has 268 valence electrons. The maximum absolute atomic E-state index is 6.86. The number of nitrogens with zero attached hydrogens (tertiary/aromatic N) is 1. The second-order valence-corrected chi connectivity index (χ2v) is 16.1. The minimum Gasteiger partial charge on any atom is -0.456 e. The number of benzene rings is 9. The molecule has 0 bridgehead atoms. The SMILES string of the molecule is c1ccc(-c2ccc(N(c3cc(-c4cc5c(c6c4CCCC6)CCCC5)c4c(c3)oc3ccccc34)c3ccc4ccc5cccc6ccc3c4c56)cc2)cc1. The van der Waals surface area contributed by atoms with Gasteiger partial charge in [-0.3, -0.25) is 0 Å². The number of rotatable bonds is 5. The van der Waals surface area contributed by atoms with Crippen molar-refractivity contribution >= 4 is 71.3 Å². The summed E-state index contributed by atoms with van der Waals surface area (Å²) in [4.78, 5) is 2.49. The Morgan fingerprint density at radius 3 is 1.91 bits per heavy atom. The highest BCUT2D eigenvalue weighted by atomic mass is 16.3. The van der Waals surface area contributed by atoms with E-state index in [4.69, 9.17) is 4.42 Å². The summed E-state index contributed by atoms with van der Waals surface area (Å²) in [6.45, 7) is 0. The molecule has 2 aliphatic carbocycles. The molecule has 2 aliphatic rings. The van der Waals surface area contributed by atoms with Crippen molar-refractivity contribution in [2.24, 2.45) is 0 Å². The lowest BCUT2D eigenvalue weighted by molar-refractivity contribution is 0.641. The van der Waals surface area contributed by atoms with Gasteiger partial charge >= 0.3 is 0 Å². The molecular weight excluding hydrogens is 679 g/mol. The van der Waals surface area contributed by atoms with Crippen molar-refractivity contribution < 1.29 is 4.42 Å². The van der Waals surface area contributed by atoms with Gasteiger partial charge in [0.05, 0.1) is 11.4 Å². The molecule has 10 aromatic rings. The first-order chi connectivity index (χ1) is 27.8. The Morgan fingerprint density at radius 2 is 1.07 bits per heavy atom. The summed E-state index contributed by atoms with van der Waals surface area (Å²) < 4.78 is 6.86. The van der Waals surface area contributed by atoms with Gasteiger partial charge in [0.25, 0.3) is 0 Å². The predicted octanol–water partition coefficient (Wildman–Crippen LogP) is 15.0. The van der Waals surface area contributed by atoms with Crippen LogP contribution in [-0.4, -0.2) is 0 Å². The first kappa shape index (κ1) is 31.9. The molecule has 56 heavy (non-hydrogen) atoms. The van der Waals surface area contributed by atoms with Crippen LogP contribution in [0.5, 0.6) is 0 Å². The zero-order chi connectivity index (χ0) is 36.7. The molecular formula is C54H41NO. The Kier molecular flexibility index (Phi) is 7.17. The molecule has 2 nitrogen and oxygen atoms in total. The third-order valence-corrected chi connectivity index (χ3v) is 13.0. The minimum atomic E-state index is 0.935. The number of fused-ring (bicyclic) bond motifs is 6. The van der Waals surface area contributed by atoms with Gasteiger partial charge in [-0.15, -0.1) is 0 Å². The second kappa shape index (κ2) is 12.6. The summed E-state index contributed by atoms with van der Waals surface area (Å²) in [6, 6.07) is 56.3. The quantitative estimate of drug-likeness (QED) is 0.165. The third-order valence-electron chi connectivity index (χ3n) is 13.0. The fourth-order valence-corrected chi connectivity index (χ4v) is 10.4. The maximum Gasteiger partial charge on any atom is 0.138 e. The topological polar surface area (TPSA) is 16.4 Å². The highest BCUT2D eigenvalue weighted by Crippen LogP contribution is 2.49. The summed E-state index contributed by atoms with van der Waals surface area (Å²) in [6.07, 6.45) is 9.85. The monoisotopic (exact) mass is 719 g/mol. The number of para-hydroxylation sites is 1. The minimum absolute atomic E-state index is 0.935. The van der Waals surface area contributed by atoms with E-state index < -0.39 is 0 Å². The van der Waals surface area contributed by atoms with Crippen LogP contribution in [0.3, 0.4) is 0 Å². The van der Waals surface area contributed by atoms with E-state index in [0.717, 1.165) is 34.6 Å². The summed E-state index contributed by atoms with van der Waals surface area (Å²) in [7, 11) is 0. The van der Waals surface area contributed by atoms with Gasteiger partial charge in [-0.05, 0) is 153 Å². The second-order valence-electron chi connectivity index (χ2n) is 16.1. The van der Waals surface area contributed by atoms with Gasteiger partial charge in [0, 0.05) is 27.9 Å². The van der Waals surface area contributed by atoms with Crippen molar-refractivity contribution in [3.05, 3.63) is 174 Å². The van der Waals surface area contributed by atoms with Gasteiger partial charge in [0.2, 0.25) is 0 Å². The highest BCUT2D eigenvalue weighted by molar-refractivity contribution is 6.26. The van der Waals surface area contributed by atoms with Gasteiger partial charge in [-0.25, -0.2) is 0 Å². The van der Waals surface area contributed by atoms with Crippen LogP contribution < -0.4 is 4.90 Å². The van der Waals surface area contributed by atoms with Crippen molar-refractivity contribution in [2.45, 2.75) is 51.4 Å². The molecule has 12 rings (SSSR count). The van der Waals surface area contributed by atoms with Gasteiger partial charge in [-0.2, -0.15) is 0 Å². The van der Waals surface area contributed by atoms with E-state index in [9.17, 15) is 0 Å². The Hall–Kier alpha value is -6.38. The molecule has 0 unspecified atom stereocenters. The third kappa shape index (κ3) is 4.88. The lowest BCUT2D eigenvalue weighted by Crippen LogP contribution is -2.14. The van der Waals surface area contributed by atoms with Gasteiger partial charge in [-0.1, -0.05) is 115 Å². The van der Waals surface area contributed by atoms with Crippen LogP contribution in [0.2, 0.25) is 0 Å². The van der Waals surface area contributed by atoms with Crippen LogP contribution in [0.4, 0.5) is 17.1 Å². The first-order valence-corrected chi connectivity index (χ1v) is 20.5. The Labute approximate surface area is 327 Å². The lowest BCUT2D eigenvalue weighted by atomic mass is 9.76. The average Bonchev–Trinajstić information content (AvgIpc) is 3.65. The van der Waals surface area contributed by atoms with E-state index in [1.807, 2.05) is 0 Å². The fraction of sp³-hybridized carbons (Fsp3) is 0.148. The number of aryl methyl sites for hydroxylation is 1. The van der Waals surface area contributed by atoms with Gasteiger partial charge in [0.15, 0.2) is 0 Å². The normalized spacial score (nSPS) is 14.2. The highest BCUT2D eigenvalue weighted by Gasteiger charge is 2.27. The van der Waals surface area contributed by atoms with Crippen molar-refractivity contribution in [1.29, 1.82) is 0 Å². The van der Waals surface area contributed by atoms with E-state index >= 15 is 0 Å². The van der Waals surface area contributed by atoms with Crippen LogP contribution in [0.25, 0.3) is 76.5 Å². The molecule has 0 saturated carbocycles.